The Morgan fingerprint density at radius 2 is 1.74 bits per heavy atom. The molecule has 2 fully saturated rings. The van der Waals surface area contributed by atoms with Crippen LogP contribution in [0.1, 0.15) is 56.8 Å². The van der Waals surface area contributed by atoms with Crippen LogP contribution in [-0.4, -0.2) is 88.4 Å². The topological polar surface area (TPSA) is 175 Å². The number of rotatable bonds is 5. The van der Waals surface area contributed by atoms with Crippen molar-refractivity contribution in [1.29, 1.82) is 0 Å². The van der Waals surface area contributed by atoms with Gasteiger partial charge in [-0.2, -0.15) is 0 Å². The molecule has 1 saturated heterocycles. The molecule has 1 aliphatic heterocycles. The second kappa shape index (κ2) is 10.7. The summed E-state index contributed by atoms with van der Waals surface area (Å²) >= 11 is 0. The van der Waals surface area contributed by atoms with Crippen molar-refractivity contribution in [3.05, 3.63) is 27.8 Å². The van der Waals surface area contributed by atoms with Crippen LogP contribution >= 0.6 is 0 Å². The summed E-state index contributed by atoms with van der Waals surface area (Å²) in [5, 5.41) is 21.3. The van der Waals surface area contributed by atoms with Crippen LogP contribution in [0.15, 0.2) is 12.1 Å². The minimum absolute atomic E-state index is 0.0154. The number of carbonyl (C=O) groups excluding carboxylic acids is 3. The van der Waals surface area contributed by atoms with Crippen molar-refractivity contribution in [2.45, 2.75) is 63.7 Å². The van der Waals surface area contributed by atoms with E-state index in [-0.39, 0.29) is 55.8 Å². The van der Waals surface area contributed by atoms with Gasteiger partial charge in [0.15, 0.2) is 11.5 Å². The third kappa shape index (κ3) is 5.58. The molecule has 0 unspecified atom stereocenters. The number of methoxy groups -OCH3 is 2. The summed E-state index contributed by atoms with van der Waals surface area (Å²) in [5.74, 6) is -1.51. The highest BCUT2D eigenvalue weighted by atomic mass is 16.6. The van der Waals surface area contributed by atoms with Crippen molar-refractivity contribution in [2.24, 2.45) is 0 Å². The molecule has 14 heteroatoms. The molecule has 0 radical (unpaired) electrons. The number of amides is 3. The highest BCUT2D eigenvalue weighted by molar-refractivity contribution is 6.00. The zero-order valence-corrected chi connectivity index (χ0v) is 21.8. The molecule has 1 aromatic rings. The number of imide groups is 1. The Bertz CT molecular complexity index is 1140. The summed E-state index contributed by atoms with van der Waals surface area (Å²) in [7, 11) is 2.38. The van der Waals surface area contributed by atoms with Crippen LogP contribution in [0.25, 0.3) is 0 Å². The molecule has 3 rings (SSSR count). The van der Waals surface area contributed by atoms with Gasteiger partial charge in [0.1, 0.15) is 16.7 Å². The van der Waals surface area contributed by atoms with Crippen molar-refractivity contribution < 1.29 is 48.2 Å². The van der Waals surface area contributed by atoms with Crippen LogP contribution in [0, 0.1) is 10.1 Å². The van der Waals surface area contributed by atoms with E-state index >= 15 is 0 Å². The molecule has 1 aliphatic carbocycles. The first-order valence-electron chi connectivity index (χ1n) is 11.9. The number of carbonyl (C=O) groups is 4. The molecule has 1 spiro atoms. The smallest absolute Gasteiger partial charge is 0.417 e. The standard InChI is InChI=1S/C24H31N3O11/c1-23(2,3)38-22(32)25-10-11-26(21(30)31)24(20(25)29)8-6-14(7-9-24)37-18-12-15(19(28)36-5)16(27(33)34)13-17(18)35-4/h12-14H,6-11H2,1-5H3,(H,30,31). The van der Waals surface area contributed by atoms with Crippen LogP contribution in [0.2, 0.25) is 0 Å². The molecule has 1 N–H and O–H groups in total. The Labute approximate surface area is 218 Å². The van der Waals surface area contributed by atoms with E-state index in [1.807, 2.05) is 0 Å². The Hall–Kier alpha value is -4.10. The Kier molecular flexibility index (Phi) is 8.03. The zero-order valence-electron chi connectivity index (χ0n) is 21.8. The predicted octanol–water partition coefficient (Wildman–Crippen LogP) is 3.21. The summed E-state index contributed by atoms with van der Waals surface area (Å²) < 4.78 is 21.2. The first-order valence-corrected chi connectivity index (χ1v) is 11.9. The van der Waals surface area contributed by atoms with E-state index in [2.05, 4.69) is 4.74 Å². The van der Waals surface area contributed by atoms with Gasteiger partial charge in [-0.15, -0.1) is 0 Å². The van der Waals surface area contributed by atoms with Gasteiger partial charge in [0.2, 0.25) is 0 Å². The van der Waals surface area contributed by atoms with Crippen molar-refractivity contribution in [3.63, 3.8) is 0 Å². The first-order chi connectivity index (χ1) is 17.7. The van der Waals surface area contributed by atoms with Gasteiger partial charge in [-0.3, -0.25) is 19.8 Å². The monoisotopic (exact) mass is 537 g/mol. The van der Waals surface area contributed by atoms with Crippen molar-refractivity contribution in [3.8, 4) is 11.5 Å². The van der Waals surface area contributed by atoms with E-state index in [4.69, 9.17) is 14.2 Å². The lowest BCUT2D eigenvalue weighted by atomic mass is 9.77. The maximum absolute atomic E-state index is 13.5. The summed E-state index contributed by atoms with van der Waals surface area (Å²) in [5.41, 5.74) is -3.16. The second-order valence-electron chi connectivity index (χ2n) is 9.99. The summed E-state index contributed by atoms with van der Waals surface area (Å²) in [6, 6.07) is 2.22. The lowest BCUT2D eigenvalue weighted by Gasteiger charge is -2.50. The number of benzene rings is 1. The maximum Gasteiger partial charge on any atom is 0.417 e. The van der Waals surface area contributed by atoms with Gasteiger partial charge in [-0.05, 0) is 46.5 Å². The Morgan fingerprint density at radius 1 is 1.11 bits per heavy atom. The maximum atomic E-state index is 13.5. The molecule has 14 nitrogen and oxygen atoms in total. The largest absolute Gasteiger partial charge is 0.493 e. The second-order valence-corrected chi connectivity index (χ2v) is 9.99. The van der Waals surface area contributed by atoms with Gasteiger partial charge >= 0.3 is 18.2 Å². The molecule has 2 aliphatic rings. The minimum Gasteiger partial charge on any atom is -0.493 e. The number of ether oxygens (including phenoxy) is 4. The molecule has 3 amide bonds. The Balaban J connectivity index is 1.85. The molecule has 208 valence electrons. The van der Waals surface area contributed by atoms with E-state index in [0.717, 1.165) is 29.0 Å². The lowest BCUT2D eigenvalue weighted by molar-refractivity contribution is -0.385. The van der Waals surface area contributed by atoms with Crippen LogP contribution in [0.3, 0.4) is 0 Å². The summed E-state index contributed by atoms with van der Waals surface area (Å²) in [6.07, 6.45) is -2.11. The molecular weight excluding hydrogens is 506 g/mol. The van der Waals surface area contributed by atoms with Crippen molar-refractivity contribution in [2.75, 3.05) is 27.3 Å². The molecule has 38 heavy (non-hydrogen) atoms. The van der Waals surface area contributed by atoms with E-state index in [1.165, 1.54) is 7.11 Å². The number of hydrogen-bond donors (Lipinski definition) is 1. The van der Waals surface area contributed by atoms with E-state index < -0.39 is 51.9 Å². The molecule has 0 bridgehead atoms. The third-order valence-corrected chi connectivity index (χ3v) is 6.49. The van der Waals surface area contributed by atoms with Gasteiger partial charge in [0.25, 0.3) is 11.6 Å². The molecule has 0 atom stereocenters. The number of hydrogen-bond acceptors (Lipinski definition) is 10. The molecule has 1 aromatic carbocycles. The Morgan fingerprint density at radius 3 is 2.24 bits per heavy atom. The SMILES string of the molecule is COC(=O)c1cc(OC2CCC3(CC2)C(=O)N(C(=O)OC(C)(C)C)CCN3C(=O)O)c(OC)cc1[N+](=O)[O-]. The minimum atomic E-state index is -1.47. The number of carboxylic acid groups (broad SMARTS) is 1. The summed E-state index contributed by atoms with van der Waals surface area (Å²) in [6.45, 7) is 4.81. The third-order valence-electron chi connectivity index (χ3n) is 6.49. The van der Waals surface area contributed by atoms with E-state index in [0.29, 0.717) is 0 Å². The first kappa shape index (κ1) is 28.5. The zero-order chi connectivity index (χ0) is 28.4. The van der Waals surface area contributed by atoms with E-state index in [1.54, 1.807) is 20.8 Å². The highest BCUT2D eigenvalue weighted by Crippen LogP contribution is 2.42. The van der Waals surface area contributed by atoms with E-state index in [9.17, 15) is 34.4 Å². The van der Waals surface area contributed by atoms with Crippen LogP contribution in [0.4, 0.5) is 15.3 Å². The molecule has 0 aromatic heterocycles. The number of nitro groups is 1. The highest BCUT2D eigenvalue weighted by Gasteiger charge is 2.55. The number of nitrogens with zero attached hydrogens (tertiary/aromatic N) is 3. The lowest BCUT2D eigenvalue weighted by Crippen LogP contribution is -2.69. The van der Waals surface area contributed by atoms with Crippen LogP contribution in [-0.2, 0) is 14.3 Å². The summed E-state index contributed by atoms with van der Waals surface area (Å²) in [4.78, 5) is 63.1. The van der Waals surface area contributed by atoms with Crippen LogP contribution in [0.5, 0.6) is 11.5 Å². The molecule has 1 heterocycles. The van der Waals surface area contributed by atoms with Gasteiger partial charge in [0, 0.05) is 19.2 Å². The average molecular weight is 538 g/mol. The number of nitro benzene ring substituents is 1. The van der Waals surface area contributed by atoms with Gasteiger partial charge in [0.05, 0.1) is 31.3 Å². The molecular formula is C24H31N3O11. The average Bonchev–Trinajstić information content (AvgIpc) is 2.84. The molecule has 1 saturated carbocycles. The quantitative estimate of drug-likeness (QED) is 0.332. The fourth-order valence-corrected chi connectivity index (χ4v) is 4.73. The van der Waals surface area contributed by atoms with Crippen LogP contribution < -0.4 is 9.47 Å². The normalized spacial score (nSPS) is 21.6. The van der Waals surface area contributed by atoms with Gasteiger partial charge in [-0.25, -0.2) is 19.3 Å². The fourth-order valence-electron chi connectivity index (χ4n) is 4.73. The van der Waals surface area contributed by atoms with Crippen molar-refractivity contribution >= 4 is 29.8 Å². The number of esters is 1. The van der Waals surface area contributed by atoms with Gasteiger partial charge < -0.3 is 24.1 Å². The fraction of sp³-hybridized carbons (Fsp3) is 0.583. The van der Waals surface area contributed by atoms with Gasteiger partial charge in [-0.1, -0.05) is 0 Å². The number of piperazine rings is 1. The van der Waals surface area contributed by atoms with Crippen molar-refractivity contribution in [1.82, 2.24) is 9.80 Å². The predicted molar refractivity (Wildman–Crippen MR) is 129 cm³/mol.